The number of carbonyl (C=O) groups excluding carboxylic acids is 2. The molecule has 0 bridgehead atoms. The molecule has 0 saturated heterocycles. The summed E-state index contributed by atoms with van der Waals surface area (Å²) in [6.45, 7) is 8.09. The molecule has 0 aliphatic rings. The summed E-state index contributed by atoms with van der Waals surface area (Å²) in [5, 5.41) is 4.00. The van der Waals surface area contributed by atoms with Crippen LogP contribution in [0.1, 0.15) is 39.0 Å². The molecule has 0 unspecified atom stereocenters. The number of nitrogens with zero attached hydrogens (tertiary/aromatic N) is 2. The van der Waals surface area contributed by atoms with Crippen LogP contribution in [-0.2, 0) is 25.5 Å². The van der Waals surface area contributed by atoms with E-state index in [-0.39, 0.29) is 18.5 Å². The number of hydrogen-bond donors (Lipinski definition) is 1. The average molecular weight is 542 g/mol. The van der Waals surface area contributed by atoms with Gasteiger partial charge in [0.25, 0.3) is 0 Å². The number of fused-ring (bicyclic) bond motifs is 1. The molecule has 208 valence electrons. The molecular formula is C32H35N3O5. The number of rotatable bonds is 11. The van der Waals surface area contributed by atoms with Gasteiger partial charge in [-0.05, 0) is 69.7 Å². The van der Waals surface area contributed by atoms with Gasteiger partial charge in [-0.3, -0.25) is 4.79 Å². The first-order chi connectivity index (χ1) is 19.2. The number of esters is 2. The lowest BCUT2D eigenvalue weighted by atomic mass is 10.1. The molecular weight excluding hydrogens is 506 g/mol. The van der Waals surface area contributed by atoms with Crippen molar-refractivity contribution in [3.63, 3.8) is 0 Å². The van der Waals surface area contributed by atoms with E-state index in [0.717, 1.165) is 33.6 Å². The SMILES string of the molecule is CCOC(=O)C=C(c1ccccc1)n1ccc2cc(OCCc3cccc(NCC(=O)OC(C)(C)C)n3)ccc21. The third kappa shape index (κ3) is 7.96. The van der Waals surface area contributed by atoms with Gasteiger partial charge in [0.05, 0.1) is 24.4 Å². The molecule has 2 aromatic heterocycles. The van der Waals surface area contributed by atoms with Gasteiger partial charge in [0, 0.05) is 29.8 Å². The van der Waals surface area contributed by atoms with Crippen LogP contribution in [0.4, 0.5) is 5.82 Å². The highest BCUT2D eigenvalue weighted by Crippen LogP contribution is 2.27. The van der Waals surface area contributed by atoms with Gasteiger partial charge >= 0.3 is 11.9 Å². The van der Waals surface area contributed by atoms with Gasteiger partial charge in [0.1, 0.15) is 23.7 Å². The molecule has 2 heterocycles. The van der Waals surface area contributed by atoms with Crippen LogP contribution in [0.5, 0.6) is 5.75 Å². The zero-order chi connectivity index (χ0) is 28.5. The van der Waals surface area contributed by atoms with Gasteiger partial charge in [0.15, 0.2) is 0 Å². The topological polar surface area (TPSA) is 91.7 Å². The molecule has 40 heavy (non-hydrogen) atoms. The lowest BCUT2D eigenvalue weighted by molar-refractivity contribution is -0.152. The molecule has 8 nitrogen and oxygen atoms in total. The minimum Gasteiger partial charge on any atom is -0.493 e. The Labute approximate surface area is 234 Å². The monoisotopic (exact) mass is 541 g/mol. The van der Waals surface area contributed by atoms with E-state index in [9.17, 15) is 9.59 Å². The van der Waals surface area contributed by atoms with Crippen molar-refractivity contribution in [1.82, 2.24) is 9.55 Å². The molecule has 0 amide bonds. The predicted molar refractivity (Wildman–Crippen MR) is 156 cm³/mol. The quantitative estimate of drug-likeness (QED) is 0.188. The highest BCUT2D eigenvalue weighted by molar-refractivity contribution is 5.95. The summed E-state index contributed by atoms with van der Waals surface area (Å²) in [5.74, 6) is 0.622. The lowest BCUT2D eigenvalue weighted by Gasteiger charge is -2.19. The standard InChI is InChI=1S/C32H35N3O5/c1-5-38-30(36)21-28(23-10-7-6-8-11-23)35-18-16-24-20-26(14-15-27(24)35)39-19-17-25-12-9-13-29(34-25)33-22-31(37)40-32(2,3)4/h6-16,18,20-21H,5,17,19,22H2,1-4H3,(H,33,34). The molecule has 0 spiro atoms. The summed E-state index contributed by atoms with van der Waals surface area (Å²) in [5.41, 5.74) is 2.90. The Morgan fingerprint density at radius 1 is 1.00 bits per heavy atom. The molecule has 2 aromatic carbocycles. The van der Waals surface area contributed by atoms with Gasteiger partial charge in [0.2, 0.25) is 0 Å². The maximum Gasteiger partial charge on any atom is 0.332 e. The molecule has 0 radical (unpaired) electrons. The molecule has 0 saturated carbocycles. The second-order valence-corrected chi connectivity index (χ2v) is 10.1. The summed E-state index contributed by atoms with van der Waals surface area (Å²) in [6.07, 6.45) is 4.06. The maximum atomic E-state index is 12.3. The van der Waals surface area contributed by atoms with Gasteiger partial charge in [-0.1, -0.05) is 36.4 Å². The second-order valence-electron chi connectivity index (χ2n) is 10.1. The van der Waals surface area contributed by atoms with Crippen molar-refractivity contribution in [2.24, 2.45) is 0 Å². The van der Waals surface area contributed by atoms with E-state index < -0.39 is 5.60 Å². The van der Waals surface area contributed by atoms with Crippen LogP contribution in [0, 0.1) is 0 Å². The smallest absolute Gasteiger partial charge is 0.332 e. The van der Waals surface area contributed by atoms with Crippen molar-refractivity contribution in [1.29, 1.82) is 0 Å². The van der Waals surface area contributed by atoms with Crippen LogP contribution in [0.15, 0.2) is 85.1 Å². The van der Waals surface area contributed by atoms with E-state index in [1.807, 2.05) is 104 Å². The van der Waals surface area contributed by atoms with Crippen molar-refractivity contribution >= 4 is 34.4 Å². The largest absolute Gasteiger partial charge is 0.493 e. The van der Waals surface area contributed by atoms with Crippen molar-refractivity contribution in [3.8, 4) is 5.75 Å². The first-order valence-corrected chi connectivity index (χ1v) is 13.3. The van der Waals surface area contributed by atoms with Gasteiger partial charge in [-0.15, -0.1) is 0 Å². The lowest BCUT2D eigenvalue weighted by Crippen LogP contribution is -2.28. The number of carbonyl (C=O) groups is 2. The highest BCUT2D eigenvalue weighted by Gasteiger charge is 2.16. The van der Waals surface area contributed by atoms with Gasteiger partial charge in [-0.25, -0.2) is 9.78 Å². The van der Waals surface area contributed by atoms with Crippen molar-refractivity contribution < 1.29 is 23.8 Å². The van der Waals surface area contributed by atoms with E-state index in [1.165, 1.54) is 6.08 Å². The molecule has 0 fully saturated rings. The number of aromatic nitrogens is 2. The molecule has 0 aliphatic heterocycles. The highest BCUT2D eigenvalue weighted by atomic mass is 16.6. The van der Waals surface area contributed by atoms with E-state index in [4.69, 9.17) is 14.2 Å². The van der Waals surface area contributed by atoms with Gasteiger partial charge in [-0.2, -0.15) is 0 Å². The number of hydrogen-bond acceptors (Lipinski definition) is 7. The van der Waals surface area contributed by atoms with Crippen molar-refractivity contribution in [2.75, 3.05) is 25.1 Å². The average Bonchev–Trinajstić information content (AvgIpc) is 3.34. The Morgan fingerprint density at radius 2 is 1.80 bits per heavy atom. The van der Waals surface area contributed by atoms with E-state index in [2.05, 4.69) is 10.3 Å². The van der Waals surface area contributed by atoms with E-state index >= 15 is 0 Å². The molecule has 0 atom stereocenters. The summed E-state index contributed by atoms with van der Waals surface area (Å²) < 4.78 is 18.5. The van der Waals surface area contributed by atoms with E-state index in [0.29, 0.717) is 25.5 Å². The van der Waals surface area contributed by atoms with Crippen LogP contribution in [0.25, 0.3) is 16.6 Å². The summed E-state index contributed by atoms with van der Waals surface area (Å²) in [4.78, 5) is 28.9. The molecule has 4 aromatic rings. The normalized spacial score (nSPS) is 11.8. The Bertz CT molecular complexity index is 1490. The van der Waals surface area contributed by atoms with E-state index in [1.54, 1.807) is 6.92 Å². The molecule has 0 aliphatic carbocycles. The zero-order valence-electron chi connectivity index (χ0n) is 23.3. The second kappa shape index (κ2) is 13.0. The fourth-order valence-corrected chi connectivity index (χ4v) is 4.15. The van der Waals surface area contributed by atoms with Crippen LogP contribution in [0.3, 0.4) is 0 Å². The number of anilines is 1. The fourth-order valence-electron chi connectivity index (χ4n) is 4.15. The number of benzene rings is 2. The molecule has 4 rings (SSSR count). The Morgan fingerprint density at radius 3 is 2.55 bits per heavy atom. The summed E-state index contributed by atoms with van der Waals surface area (Å²) in [7, 11) is 0. The summed E-state index contributed by atoms with van der Waals surface area (Å²) in [6, 6.07) is 23.2. The minimum atomic E-state index is -0.527. The van der Waals surface area contributed by atoms with Crippen molar-refractivity contribution in [2.45, 2.75) is 39.7 Å². The fraction of sp³-hybridized carbons (Fsp3) is 0.281. The first kappa shape index (κ1) is 28.4. The molecule has 8 heteroatoms. The van der Waals surface area contributed by atoms with Crippen LogP contribution < -0.4 is 10.1 Å². The van der Waals surface area contributed by atoms with Crippen LogP contribution >= 0.6 is 0 Å². The Balaban J connectivity index is 1.41. The third-order valence-corrected chi connectivity index (χ3v) is 5.80. The maximum absolute atomic E-state index is 12.3. The Kier molecular flexibility index (Phi) is 9.22. The van der Waals surface area contributed by atoms with Crippen LogP contribution in [0.2, 0.25) is 0 Å². The first-order valence-electron chi connectivity index (χ1n) is 13.3. The number of nitrogens with one attached hydrogen (secondary N) is 1. The zero-order valence-corrected chi connectivity index (χ0v) is 23.3. The predicted octanol–water partition coefficient (Wildman–Crippen LogP) is 5.86. The van der Waals surface area contributed by atoms with Gasteiger partial charge < -0.3 is 24.1 Å². The Hall–Kier alpha value is -4.59. The number of pyridine rings is 1. The summed E-state index contributed by atoms with van der Waals surface area (Å²) >= 11 is 0. The minimum absolute atomic E-state index is 0.0465. The number of ether oxygens (including phenoxy) is 3. The molecule has 1 N–H and O–H groups in total. The third-order valence-electron chi connectivity index (χ3n) is 5.80. The van der Waals surface area contributed by atoms with Crippen molar-refractivity contribution in [3.05, 3.63) is 96.3 Å². The van der Waals surface area contributed by atoms with Crippen LogP contribution in [-0.4, -0.2) is 46.8 Å².